The minimum absolute atomic E-state index is 0.103. The Morgan fingerprint density at radius 2 is 2.15 bits per heavy atom. The second-order valence-electron chi connectivity index (χ2n) is 6.57. The Kier molecular flexibility index (Phi) is 5.13. The number of fused-ring (bicyclic) bond motifs is 1. The van der Waals surface area contributed by atoms with E-state index in [-0.39, 0.29) is 6.03 Å². The highest BCUT2D eigenvalue weighted by atomic mass is 32.1. The molecule has 2 aromatic heterocycles. The summed E-state index contributed by atoms with van der Waals surface area (Å²) in [5, 5.41) is 3.60. The molecule has 27 heavy (non-hydrogen) atoms. The third kappa shape index (κ3) is 3.84. The largest absolute Gasteiger partial charge is 0.495 e. The molecule has 0 saturated carbocycles. The van der Waals surface area contributed by atoms with Crippen molar-refractivity contribution in [2.45, 2.75) is 19.9 Å². The first kappa shape index (κ1) is 18.0. The molecular formula is C18H23N5O3S. The first-order valence-electron chi connectivity index (χ1n) is 9.02. The van der Waals surface area contributed by atoms with E-state index in [0.717, 1.165) is 42.3 Å². The SMILES string of the molecule is COc1cc(N2CCc3nc(NC(=O)N4CCOCC4)sc3C2)cnc1C. The van der Waals surface area contributed by atoms with E-state index in [9.17, 15) is 4.79 Å². The van der Waals surface area contributed by atoms with Crippen LogP contribution in [0.4, 0.5) is 15.6 Å². The van der Waals surface area contributed by atoms with E-state index in [0.29, 0.717) is 31.4 Å². The number of thiazole rings is 1. The predicted octanol–water partition coefficient (Wildman–Crippen LogP) is 2.28. The van der Waals surface area contributed by atoms with Gasteiger partial charge in [0.1, 0.15) is 5.75 Å². The Labute approximate surface area is 162 Å². The first-order chi connectivity index (χ1) is 13.1. The van der Waals surface area contributed by atoms with Crippen LogP contribution in [0.25, 0.3) is 0 Å². The predicted molar refractivity (Wildman–Crippen MR) is 104 cm³/mol. The second kappa shape index (κ2) is 7.69. The Morgan fingerprint density at radius 3 is 2.93 bits per heavy atom. The molecule has 2 amide bonds. The van der Waals surface area contributed by atoms with Crippen molar-refractivity contribution in [3.63, 3.8) is 0 Å². The van der Waals surface area contributed by atoms with Crippen molar-refractivity contribution < 1.29 is 14.3 Å². The van der Waals surface area contributed by atoms with Crippen molar-refractivity contribution in [3.8, 4) is 5.75 Å². The van der Waals surface area contributed by atoms with Crippen LogP contribution in [-0.2, 0) is 17.7 Å². The number of carbonyl (C=O) groups is 1. The lowest BCUT2D eigenvalue weighted by Gasteiger charge is -2.28. The standard InChI is InChI=1S/C18H23N5O3S/c1-12-15(25-2)9-13(10-19-12)23-4-3-14-16(11-23)27-17(20-14)21-18(24)22-5-7-26-8-6-22/h9-10H,3-8,11H2,1-2H3,(H,20,21,24). The van der Waals surface area contributed by atoms with E-state index < -0.39 is 0 Å². The summed E-state index contributed by atoms with van der Waals surface area (Å²) in [6, 6.07) is 1.92. The van der Waals surface area contributed by atoms with Gasteiger partial charge in [0.05, 0.1) is 50.1 Å². The number of hydrogen-bond acceptors (Lipinski definition) is 7. The van der Waals surface area contributed by atoms with Gasteiger partial charge in [0.15, 0.2) is 5.13 Å². The number of nitrogens with zero attached hydrogens (tertiary/aromatic N) is 4. The van der Waals surface area contributed by atoms with Crippen molar-refractivity contribution in [1.82, 2.24) is 14.9 Å². The van der Waals surface area contributed by atoms with Gasteiger partial charge in [-0.25, -0.2) is 9.78 Å². The minimum Gasteiger partial charge on any atom is -0.495 e. The molecule has 0 bridgehead atoms. The Bertz CT molecular complexity index is 834. The quantitative estimate of drug-likeness (QED) is 0.868. The van der Waals surface area contributed by atoms with Crippen molar-refractivity contribution in [1.29, 1.82) is 0 Å². The van der Waals surface area contributed by atoms with Crippen LogP contribution in [0.5, 0.6) is 5.75 Å². The molecule has 0 atom stereocenters. The normalized spacial score (nSPS) is 16.8. The monoisotopic (exact) mass is 389 g/mol. The molecule has 4 rings (SSSR count). The lowest BCUT2D eigenvalue weighted by Crippen LogP contribution is -2.43. The van der Waals surface area contributed by atoms with E-state index in [1.807, 2.05) is 19.2 Å². The van der Waals surface area contributed by atoms with Crippen molar-refractivity contribution in [3.05, 3.63) is 28.5 Å². The van der Waals surface area contributed by atoms with Crippen LogP contribution < -0.4 is 15.0 Å². The molecule has 0 aromatic carbocycles. The maximum absolute atomic E-state index is 12.4. The molecule has 0 spiro atoms. The number of nitrogens with one attached hydrogen (secondary N) is 1. The summed E-state index contributed by atoms with van der Waals surface area (Å²) in [5.74, 6) is 0.793. The smallest absolute Gasteiger partial charge is 0.323 e. The molecule has 144 valence electrons. The number of rotatable bonds is 3. The third-order valence-corrected chi connectivity index (χ3v) is 5.85. The molecule has 0 aliphatic carbocycles. The van der Waals surface area contributed by atoms with Crippen LogP contribution in [0.15, 0.2) is 12.3 Å². The number of ether oxygens (including phenoxy) is 2. The molecule has 0 radical (unpaired) electrons. The number of urea groups is 1. The highest BCUT2D eigenvalue weighted by Crippen LogP contribution is 2.32. The molecule has 2 aromatic rings. The summed E-state index contributed by atoms with van der Waals surface area (Å²) in [4.78, 5) is 26.6. The maximum Gasteiger partial charge on any atom is 0.323 e. The summed E-state index contributed by atoms with van der Waals surface area (Å²) in [7, 11) is 1.66. The first-order valence-corrected chi connectivity index (χ1v) is 9.83. The minimum atomic E-state index is -0.103. The highest BCUT2D eigenvalue weighted by molar-refractivity contribution is 7.15. The van der Waals surface area contributed by atoms with Crippen molar-refractivity contribution in [2.24, 2.45) is 0 Å². The molecule has 2 aliphatic heterocycles. The number of amides is 2. The number of hydrogen-bond donors (Lipinski definition) is 1. The zero-order valence-corrected chi connectivity index (χ0v) is 16.3. The van der Waals surface area contributed by atoms with E-state index in [1.54, 1.807) is 23.3 Å². The summed E-state index contributed by atoms with van der Waals surface area (Å²) < 4.78 is 10.7. The van der Waals surface area contributed by atoms with Crippen LogP contribution in [0, 0.1) is 6.92 Å². The summed E-state index contributed by atoms with van der Waals surface area (Å²) in [6.45, 7) is 5.97. The number of anilines is 2. The number of carbonyl (C=O) groups excluding carboxylic acids is 1. The zero-order valence-electron chi connectivity index (χ0n) is 15.5. The highest BCUT2D eigenvalue weighted by Gasteiger charge is 2.24. The van der Waals surface area contributed by atoms with Gasteiger partial charge in [-0.3, -0.25) is 10.3 Å². The van der Waals surface area contributed by atoms with E-state index in [2.05, 4.69) is 20.2 Å². The molecule has 4 heterocycles. The van der Waals surface area contributed by atoms with Gasteiger partial charge in [-0.1, -0.05) is 11.3 Å². The van der Waals surface area contributed by atoms with Gasteiger partial charge in [0.25, 0.3) is 0 Å². The van der Waals surface area contributed by atoms with Crippen molar-refractivity contribution >= 4 is 28.2 Å². The maximum atomic E-state index is 12.4. The summed E-state index contributed by atoms with van der Waals surface area (Å²) >= 11 is 1.54. The number of aryl methyl sites for hydroxylation is 1. The topological polar surface area (TPSA) is 79.8 Å². The molecular weight excluding hydrogens is 366 g/mol. The Hall–Kier alpha value is -2.39. The van der Waals surface area contributed by atoms with Crippen molar-refractivity contribution in [2.75, 3.05) is 50.2 Å². The molecule has 8 nitrogen and oxygen atoms in total. The van der Waals surface area contributed by atoms with Gasteiger partial charge in [-0.15, -0.1) is 0 Å². The average Bonchev–Trinajstić information content (AvgIpc) is 3.10. The van der Waals surface area contributed by atoms with Crippen LogP contribution in [0.1, 0.15) is 16.3 Å². The Balaban J connectivity index is 1.45. The molecule has 1 N–H and O–H groups in total. The number of methoxy groups -OCH3 is 1. The molecule has 1 fully saturated rings. The van der Waals surface area contributed by atoms with Gasteiger partial charge < -0.3 is 19.3 Å². The number of morpholine rings is 1. The van der Waals surface area contributed by atoms with Crippen LogP contribution in [0.3, 0.4) is 0 Å². The molecule has 9 heteroatoms. The van der Waals surface area contributed by atoms with Crippen LogP contribution >= 0.6 is 11.3 Å². The third-order valence-electron chi connectivity index (χ3n) is 4.85. The van der Waals surface area contributed by atoms with Gasteiger partial charge in [0.2, 0.25) is 0 Å². The zero-order chi connectivity index (χ0) is 18.8. The lowest BCUT2D eigenvalue weighted by atomic mass is 10.1. The molecule has 0 unspecified atom stereocenters. The fourth-order valence-corrected chi connectivity index (χ4v) is 4.30. The van der Waals surface area contributed by atoms with Gasteiger partial charge in [0, 0.05) is 37.0 Å². The fraction of sp³-hybridized carbons (Fsp3) is 0.500. The molecule has 1 saturated heterocycles. The van der Waals surface area contributed by atoms with Crippen LogP contribution in [-0.4, -0.2) is 60.9 Å². The summed E-state index contributed by atoms with van der Waals surface area (Å²) in [5.41, 5.74) is 2.99. The fourth-order valence-electron chi connectivity index (χ4n) is 3.29. The van der Waals surface area contributed by atoms with Gasteiger partial charge in [-0.2, -0.15) is 0 Å². The lowest BCUT2D eigenvalue weighted by molar-refractivity contribution is 0.0564. The number of aromatic nitrogens is 2. The molecule has 2 aliphatic rings. The van der Waals surface area contributed by atoms with Crippen LogP contribution in [0.2, 0.25) is 0 Å². The van der Waals surface area contributed by atoms with E-state index >= 15 is 0 Å². The summed E-state index contributed by atoms with van der Waals surface area (Å²) in [6.07, 6.45) is 2.72. The van der Waals surface area contributed by atoms with E-state index in [1.165, 1.54) is 4.88 Å². The van der Waals surface area contributed by atoms with Gasteiger partial charge >= 0.3 is 6.03 Å². The average molecular weight is 389 g/mol. The Morgan fingerprint density at radius 1 is 1.33 bits per heavy atom. The number of pyridine rings is 1. The van der Waals surface area contributed by atoms with E-state index in [4.69, 9.17) is 9.47 Å². The van der Waals surface area contributed by atoms with Gasteiger partial charge in [-0.05, 0) is 6.92 Å². The second-order valence-corrected chi connectivity index (χ2v) is 7.65.